The van der Waals surface area contributed by atoms with Crippen LogP contribution in [-0.2, 0) is 44.7 Å². The zero-order valence-electron chi connectivity index (χ0n) is 28.5. The molecule has 0 unspecified atom stereocenters. The normalized spacial score (nSPS) is 16.3. The molecular formula is C39H43NO10. The summed E-state index contributed by atoms with van der Waals surface area (Å²) in [7, 11) is 0. The number of ether oxygens (including phenoxy) is 4. The smallest absolute Gasteiger partial charge is 0.417 e. The van der Waals surface area contributed by atoms with Gasteiger partial charge in [-0.3, -0.25) is 19.2 Å². The number of hydrogen-bond donors (Lipinski definition) is 1. The number of nitrogens with zero attached hydrogens (tertiary/aromatic N) is 1. The number of hydrogen-bond acceptors (Lipinski definition) is 10. The minimum absolute atomic E-state index is 0.0206. The molecule has 1 aliphatic heterocycles. The van der Waals surface area contributed by atoms with E-state index in [1.54, 1.807) is 48.5 Å². The van der Waals surface area contributed by atoms with E-state index in [1.807, 2.05) is 43.3 Å². The van der Waals surface area contributed by atoms with Crippen LogP contribution in [0.25, 0.3) is 5.57 Å². The fraction of sp³-hybridized carbons (Fsp3) is 0.359. The van der Waals surface area contributed by atoms with Crippen LogP contribution in [0.4, 0.5) is 4.79 Å². The van der Waals surface area contributed by atoms with E-state index in [0.29, 0.717) is 24.2 Å². The van der Waals surface area contributed by atoms with Crippen molar-refractivity contribution in [2.75, 3.05) is 26.4 Å². The molecule has 1 saturated heterocycles. The van der Waals surface area contributed by atoms with Gasteiger partial charge in [-0.05, 0) is 43.0 Å². The third-order valence-electron chi connectivity index (χ3n) is 8.16. The summed E-state index contributed by atoms with van der Waals surface area (Å²) >= 11 is 0. The average molecular weight is 686 g/mol. The SMILES string of the molecule is CC(=O)O[C@H](C(=O)C=C(C(=O)CCCOC[C@@H](CO)OCc1ccccc1)c1cccc(C)c1)[C@H](C)C(=O)N1C(=O)OC[C@@H]1c1ccccc1. The maximum atomic E-state index is 13.8. The highest BCUT2D eigenvalue weighted by Crippen LogP contribution is 2.31. The van der Waals surface area contributed by atoms with Gasteiger partial charge >= 0.3 is 12.1 Å². The van der Waals surface area contributed by atoms with Crippen LogP contribution >= 0.6 is 0 Å². The average Bonchev–Trinajstić information content (AvgIpc) is 3.51. The van der Waals surface area contributed by atoms with Crippen molar-refractivity contribution in [1.82, 2.24) is 4.90 Å². The number of aliphatic hydroxyl groups is 1. The predicted molar refractivity (Wildman–Crippen MR) is 183 cm³/mol. The first-order chi connectivity index (χ1) is 24.1. The van der Waals surface area contributed by atoms with Crippen molar-refractivity contribution in [1.29, 1.82) is 0 Å². The number of esters is 1. The molecule has 11 heteroatoms. The quantitative estimate of drug-likeness (QED) is 0.108. The Morgan fingerprint density at radius 2 is 1.70 bits per heavy atom. The first-order valence-corrected chi connectivity index (χ1v) is 16.5. The summed E-state index contributed by atoms with van der Waals surface area (Å²) in [5.74, 6) is -4.00. The molecule has 4 rings (SSSR count). The van der Waals surface area contributed by atoms with Crippen molar-refractivity contribution in [3.05, 3.63) is 113 Å². The van der Waals surface area contributed by atoms with Crippen molar-refractivity contribution in [3.63, 3.8) is 0 Å². The van der Waals surface area contributed by atoms with Gasteiger partial charge in [0.2, 0.25) is 5.91 Å². The zero-order valence-corrected chi connectivity index (χ0v) is 28.5. The fourth-order valence-corrected chi connectivity index (χ4v) is 5.51. The summed E-state index contributed by atoms with van der Waals surface area (Å²) < 4.78 is 22.0. The van der Waals surface area contributed by atoms with Crippen molar-refractivity contribution in [3.8, 4) is 0 Å². The first kappa shape index (κ1) is 37.8. The molecule has 0 radical (unpaired) electrons. The van der Waals surface area contributed by atoms with Gasteiger partial charge in [0.15, 0.2) is 17.7 Å². The molecule has 0 aromatic heterocycles. The lowest BCUT2D eigenvalue weighted by molar-refractivity contribution is -0.158. The van der Waals surface area contributed by atoms with Gasteiger partial charge in [0.05, 0.1) is 25.7 Å². The summed E-state index contributed by atoms with van der Waals surface area (Å²) in [6.45, 7) is 4.70. The summed E-state index contributed by atoms with van der Waals surface area (Å²) in [5.41, 5.74) is 3.04. The number of cyclic esters (lactones) is 1. The Kier molecular flexibility index (Phi) is 14.2. The monoisotopic (exact) mass is 685 g/mol. The number of benzene rings is 3. The van der Waals surface area contributed by atoms with Gasteiger partial charge in [-0.25, -0.2) is 9.69 Å². The second-order valence-corrected chi connectivity index (χ2v) is 12.1. The highest BCUT2D eigenvalue weighted by molar-refractivity contribution is 6.25. The fourth-order valence-electron chi connectivity index (χ4n) is 5.51. The summed E-state index contributed by atoms with van der Waals surface area (Å²) in [4.78, 5) is 67.0. The number of aliphatic hydroxyl groups excluding tert-OH is 1. The van der Waals surface area contributed by atoms with Crippen LogP contribution < -0.4 is 0 Å². The predicted octanol–water partition coefficient (Wildman–Crippen LogP) is 5.18. The van der Waals surface area contributed by atoms with E-state index in [-0.39, 0.29) is 44.2 Å². The summed E-state index contributed by atoms with van der Waals surface area (Å²) in [5, 5.41) is 9.69. The number of Topliss-reactive ketones (excluding diaryl/α,β-unsaturated/α-hetero) is 1. The molecule has 0 bridgehead atoms. The van der Waals surface area contributed by atoms with E-state index >= 15 is 0 Å². The highest BCUT2D eigenvalue weighted by Gasteiger charge is 2.44. The molecule has 0 aliphatic carbocycles. The second kappa shape index (κ2) is 18.7. The van der Waals surface area contributed by atoms with Crippen molar-refractivity contribution >= 4 is 35.1 Å². The van der Waals surface area contributed by atoms with Crippen molar-refractivity contribution in [2.24, 2.45) is 5.92 Å². The van der Waals surface area contributed by atoms with Gasteiger partial charge in [-0.15, -0.1) is 0 Å². The first-order valence-electron chi connectivity index (χ1n) is 16.5. The molecule has 1 fully saturated rings. The summed E-state index contributed by atoms with van der Waals surface area (Å²) in [6.07, 6.45) is -1.59. The number of carbonyl (C=O) groups is 5. The van der Waals surface area contributed by atoms with Crippen LogP contribution in [0.1, 0.15) is 55.0 Å². The minimum atomic E-state index is -1.62. The van der Waals surface area contributed by atoms with Crippen molar-refractivity contribution in [2.45, 2.75) is 58.5 Å². The van der Waals surface area contributed by atoms with Crippen molar-refractivity contribution < 1.29 is 48.0 Å². The van der Waals surface area contributed by atoms with Crippen LogP contribution in [-0.4, -0.2) is 78.2 Å². The van der Waals surface area contributed by atoms with Crippen LogP contribution in [0, 0.1) is 12.8 Å². The molecule has 0 saturated carbocycles. The summed E-state index contributed by atoms with van der Waals surface area (Å²) in [6, 6.07) is 24.7. The Morgan fingerprint density at radius 3 is 2.36 bits per heavy atom. The number of rotatable bonds is 18. The molecule has 264 valence electrons. The lowest BCUT2D eigenvalue weighted by Crippen LogP contribution is -2.45. The van der Waals surface area contributed by atoms with Gasteiger partial charge in [-0.1, -0.05) is 90.5 Å². The van der Waals surface area contributed by atoms with E-state index < -0.39 is 47.9 Å². The molecular weight excluding hydrogens is 642 g/mol. The maximum absolute atomic E-state index is 13.8. The lowest BCUT2D eigenvalue weighted by atomic mass is 9.92. The lowest BCUT2D eigenvalue weighted by Gasteiger charge is -2.27. The largest absolute Gasteiger partial charge is 0.453 e. The maximum Gasteiger partial charge on any atom is 0.417 e. The Labute approximate surface area is 291 Å². The molecule has 1 heterocycles. The number of allylic oxidation sites excluding steroid dienone is 1. The number of amides is 2. The van der Waals surface area contributed by atoms with E-state index in [2.05, 4.69) is 0 Å². The molecule has 1 N–H and O–H groups in total. The Morgan fingerprint density at radius 1 is 1.00 bits per heavy atom. The van der Waals surface area contributed by atoms with Gasteiger partial charge in [0, 0.05) is 25.5 Å². The molecule has 1 aliphatic rings. The van der Waals surface area contributed by atoms with E-state index in [9.17, 15) is 29.1 Å². The van der Waals surface area contributed by atoms with E-state index in [0.717, 1.165) is 29.0 Å². The number of aryl methyl sites for hydroxylation is 1. The molecule has 3 aromatic rings. The van der Waals surface area contributed by atoms with Gasteiger partial charge < -0.3 is 24.1 Å². The van der Waals surface area contributed by atoms with E-state index in [4.69, 9.17) is 18.9 Å². The van der Waals surface area contributed by atoms with Crippen LogP contribution in [0.15, 0.2) is 91.0 Å². The number of imide groups is 1. The highest BCUT2D eigenvalue weighted by atomic mass is 16.6. The minimum Gasteiger partial charge on any atom is -0.453 e. The van der Waals surface area contributed by atoms with Gasteiger partial charge in [0.1, 0.15) is 18.8 Å². The van der Waals surface area contributed by atoms with Crippen LogP contribution in [0.5, 0.6) is 0 Å². The zero-order chi connectivity index (χ0) is 36.0. The number of ketones is 2. The standard InChI is InChI=1S/C39H43NO10/c1-26-12-10-17-31(20-26)33(35(43)18-11-19-47-24-32(22-41)48-23-29-13-6-4-7-14-29)21-36(44)37(50-28(3)42)27(2)38(45)40-34(25-49-39(40)46)30-15-8-5-9-16-30/h4-10,12-17,20-21,27,32,34,37,41H,11,18-19,22-25H2,1-3H3/t27-,32+,34+,37-/m0/s1. The third kappa shape index (κ3) is 10.5. The molecule has 0 spiro atoms. The topological polar surface area (TPSA) is 146 Å². The molecule has 3 aromatic carbocycles. The molecule has 2 amide bonds. The second-order valence-electron chi connectivity index (χ2n) is 12.1. The van der Waals surface area contributed by atoms with Gasteiger partial charge in [0.25, 0.3) is 0 Å². The third-order valence-corrected chi connectivity index (χ3v) is 8.16. The van der Waals surface area contributed by atoms with Crippen LogP contribution in [0.3, 0.4) is 0 Å². The van der Waals surface area contributed by atoms with Gasteiger partial charge in [-0.2, -0.15) is 0 Å². The Bertz CT molecular complexity index is 1660. The Balaban J connectivity index is 1.46. The van der Waals surface area contributed by atoms with E-state index in [1.165, 1.54) is 6.92 Å². The molecule has 50 heavy (non-hydrogen) atoms. The molecule has 4 atom stereocenters. The molecule has 11 nitrogen and oxygen atoms in total. The Hall–Kier alpha value is -4.97. The van der Waals surface area contributed by atoms with Crippen LogP contribution in [0.2, 0.25) is 0 Å². The number of carbonyl (C=O) groups excluding carboxylic acids is 5.